The van der Waals surface area contributed by atoms with Crippen LogP contribution in [0.5, 0.6) is 0 Å². The Balaban J connectivity index is 1.41. The Bertz CT molecular complexity index is 3500. The van der Waals surface area contributed by atoms with Crippen molar-refractivity contribution >= 4 is 43.6 Å². The van der Waals surface area contributed by atoms with Crippen molar-refractivity contribution in [3.05, 3.63) is 192 Å². The zero-order valence-electron chi connectivity index (χ0n) is 32.4. The minimum absolute atomic E-state index is 0.0903. The second-order valence-electron chi connectivity index (χ2n) is 14.9. The molecule has 0 saturated carbocycles. The summed E-state index contributed by atoms with van der Waals surface area (Å²) >= 11 is 0. The zero-order chi connectivity index (χ0) is 42.7. The first kappa shape index (κ1) is 37.4. The highest BCUT2D eigenvalue weighted by Gasteiger charge is 2.37. The molecule has 0 aliphatic heterocycles. The number of rotatable bonds is 5. The molecule has 0 N–H and O–H groups in total. The smallest absolute Gasteiger partial charge is 0.308 e. The molecule has 0 bridgehead atoms. The molecule has 0 saturated heterocycles. The molecule has 0 fully saturated rings. The quantitative estimate of drug-likeness (QED) is 0.173. The van der Waals surface area contributed by atoms with Gasteiger partial charge in [0.25, 0.3) is 0 Å². The van der Waals surface area contributed by atoms with E-state index in [2.05, 4.69) is 24.3 Å². The summed E-state index contributed by atoms with van der Waals surface area (Å²) < 4.78 is 50.4. The molecule has 0 aliphatic carbocycles. The van der Waals surface area contributed by atoms with Crippen LogP contribution in [0.25, 0.3) is 88.4 Å². The largest absolute Gasteiger partial charge is 0.417 e. The van der Waals surface area contributed by atoms with Crippen molar-refractivity contribution in [3.8, 4) is 69.0 Å². The van der Waals surface area contributed by atoms with Crippen molar-refractivity contribution in [2.75, 3.05) is 0 Å². The number of benzene rings is 8. The lowest BCUT2D eigenvalue weighted by molar-refractivity contribution is -0.137. The second-order valence-corrected chi connectivity index (χ2v) is 14.9. The van der Waals surface area contributed by atoms with E-state index >= 15 is 13.2 Å². The maximum absolute atomic E-state index is 15.5. The highest BCUT2D eigenvalue weighted by atomic mass is 19.4. The van der Waals surface area contributed by atoms with E-state index in [4.69, 9.17) is 0 Å². The number of hydrogen-bond acceptors (Lipinski definition) is 4. The normalized spacial score (nSPS) is 11.4. The SMILES string of the molecule is N#Cc1cccc(-c2ccc3c4ccccc4n(-c4cc(C#N)cc(-n5c6ccccc6c6ccc(-c7cccc(C#N)c7)cc65)c4-c4c(C#N)cccc4C(F)(F)F)c3c2)c1. The van der Waals surface area contributed by atoms with Crippen molar-refractivity contribution in [2.45, 2.75) is 6.18 Å². The number of para-hydroxylation sites is 2. The standard InChI is InChI=1S/C53H27F3N6/c54-53(55,56)44-15-7-12-39(31-60)51(44)52-49(61-45-16-3-1-13-40(45)42-20-18-37(26-47(42)61)35-10-5-8-32(22-35)28-57)24-34(30-59)25-50(52)62-46-17-4-2-14-41(46)43-21-19-38(27-48(43)62)36-11-6-9-33(23-36)29-58/h1-27H. The average Bonchev–Trinajstić information content (AvgIpc) is 3.82. The van der Waals surface area contributed by atoms with Crippen LogP contribution >= 0.6 is 0 Å². The molecular formula is C53H27F3N6. The Morgan fingerprint density at radius 3 is 1.29 bits per heavy atom. The predicted molar refractivity (Wildman–Crippen MR) is 235 cm³/mol. The maximum Gasteiger partial charge on any atom is 0.417 e. The van der Waals surface area contributed by atoms with Crippen molar-refractivity contribution in [2.24, 2.45) is 0 Å². The Hall–Kier alpha value is -8.89. The highest BCUT2D eigenvalue weighted by Crippen LogP contribution is 2.48. The van der Waals surface area contributed by atoms with Crippen molar-refractivity contribution in [1.29, 1.82) is 21.0 Å². The summed E-state index contributed by atoms with van der Waals surface area (Å²) in [5, 5.41) is 44.2. The van der Waals surface area contributed by atoms with E-state index in [1.165, 1.54) is 12.1 Å². The molecule has 0 unspecified atom stereocenters. The average molecular weight is 805 g/mol. The van der Waals surface area contributed by atoms with Gasteiger partial charge in [-0.1, -0.05) is 91.0 Å². The molecule has 0 radical (unpaired) electrons. The van der Waals surface area contributed by atoms with Gasteiger partial charge >= 0.3 is 6.18 Å². The molecule has 10 rings (SSSR count). The zero-order valence-corrected chi connectivity index (χ0v) is 32.4. The number of hydrogen-bond donors (Lipinski definition) is 0. The maximum atomic E-state index is 15.5. The summed E-state index contributed by atoms with van der Waals surface area (Å²) in [5.74, 6) is 0. The van der Waals surface area contributed by atoms with Gasteiger partial charge in [-0.05, 0) is 95.1 Å². The van der Waals surface area contributed by atoms with Crippen LogP contribution in [0.3, 0.4) is 0 Å². The van der Waals surface area contributed by atoms with Crippen molar-refractivity contribution in [3.63, 3.8) is 0 Å². The molecule has 0 amide bonds. The van der Waals surface area contributed by atoms with Gasteiger partial charge in [0.1, 0.15) is 0 Å². The first-order valence-corrected chi connectivity index (χ1v) is 19.5. The van der Waals surface area contributed by atoms with E-state index in [0.29, 0.717) is 33.2 Å². The molecule has 6 nitrogen and oxygen atoms in total. The fourth-order valence-corrected chi connectivity index (χ4v) is 8.79. The third-order valence-electron chi connectivity index (χ3n) is 11.4. The highest BCUT2D eigenvalue weighted by molar-refractivity contribution is 6.13. The summed E-state index contributed by atoms with van der Waals surface area (Å²) in [5.41, 5.74) is 5.85. The second kappa shape index (κ2) is 14.4. The molecule has 2 heterocycles. The molecular weight excluding hydrogens is 778 g/mol. The lowest BCUT2D eigenvalue weighted by Crippen LogP contribution is -2.12. The summed E-state index contributed by atoms with van der Waals surface area (Å²) in [6.45, 7) is 0. The van der Waals surface area contributed by atoms with Gasteiger partial charge < -0.3 is 9.13 Å². The minimum atomic E-state index is -4.88. The van der Waals surface area contributed by atoms with Gasteiger partial charge in [0.15, 0.2) is 0 Å². The molecule has 62 heavy (non-hydrogen) atoms. The first-order valence-electron chi connectivity index (χ1n) is 19.5. The summed E-state index contributed by atoms with van der Waals surface area (Å²) in [6, 6.07) is 56.7. The lowest BCUT2D eigenvalue weighted by Gasteiger charge is -2.24. The van der Waals surface area contributed by atoms with Crippen molar-refractivity contribution < 1.29 is 13.2 Å². The van der Waals surface area contributed by atoms with Crippen LogP contribution in [0, 0.1) is 45.3 Å². The lowest BCUT2D eigenvalue weighted by atomic mass is 9.90. The topological polar surface area (TPSA) is 105 Å². The predicted octanol–water partition coefficient (Wildman–Crippen LogP) is 13.4. The van der Waals surface area contributed by atoms with Gasteiger partial charge in [0, 0.05) is 32.7 Å². The van der Waals surface area contributed by atoms with Crippen LogP contribution in [-0.2, 0) is 6.18 Å². The van der Waals surface area contributed by atoms with Crippen LogP contribution < -0.4 is 0 Å². The number of fused-ring (bicyclic) bond motifs is 6. The Kier molecular flexibility index (Phi) is 8.70. The van der Waals surface area contributed by atoms with Gasteiger partial charge in [-0.3, -0.25) is 0 Å². The molecule has 10 aromatic rings. The molecule has 0 atom stereocenters. The van der Waals surface area contributed by atoms with Crippen LogP contribution in [0.2, 0.25) is 0 Å². The monoisotopic (exact) mass is 804 g/mol. The van der Waals surface area contributed by atoms with E-state index in [0.717, 1.165) is 49.9 Å². The van der Waals surface area contributed by atoms with Gasteiger partial charge in [-0.25, -0.2) is 0 Å². The summed E-state index contributed by atoms with van der Waals surface area (Å²) in [6.07, 6.45) is -4.88. The summed E-state index contributed by atoms with van der Waals surface area (Å²) in [4.78, 5) is 0. The van der Waals surface area contributed by atoms with E-state index in [1.54, 1.807) is 48.5 Å². The Labute approximate surface area is 352 Å². The first-order chi connectivity index (χ1) is 30.2. The molecule has 0 spiro atoms. The van der Waals surface area contributed by atoms with Crippen LogP contribution in [0.4, 0.5) is 13.2 Å². The molecule has 290 valence electrons. The van der Waals surface area contributed by atoms with Gasteiger partial charge in [0.05, 0.1) is 85.5 Å². The van der Waals surface area contributed by atoms with Crippen LogP contribution in [0.15, 0.2) is 164 Å². The fourth-order valence-electron chi connectivity index (χ4n) is 8.79. The van der Waals surface area contributed by atoms with E-state index in [9.17, 15) is 21.0 Å². The van der Waals surface area contributed by atoms with Gasteiger partial charge in [0.2, 0.25) is 0 Å². The fraction of sp³-hybridized carbons (Fsp3) is 0.0189. The van der Waals surface area contributed by atoms with E-state index in [1.807, 2.05) is 106 Å². The van der Waals surface area contributed by atoms with E-state index in [-0.39, 0.29) is 33.6 Å². The Morgan fingerprint density at radius 1 is 0.371 bits per heavy atom. The number of nitriles is 4. The number of alkyl halides is 3. The van der Waals surface area contributed by atoms with Crippen LogP contribution in [0.1, 0.15) is 27.8 Å². The number of nitrogens with zero attached hydrogens (tertiary/aromatic N) is 6. The molecule has 2 aromatic heterocycles. The number of halogens is 3. The van der Waals surface area contributed by atoms with E-state index < -0.39 is 11.7 Å². The number of aromatic nitrogens is 2. The third-order valence-corrected chi connectivity index (χ3v) is 11.4. The van der Waals surface area contributed by atoms with Crippen molar-refractivity contribution in [1.82, 2.24) is 9.13 Å². The van der Waals surface area contributed by atoms with Gasteiger partial charge in [-0.2, -0.15) is 34.2 Å². The van der Waals surface area contributed by atoms with Crippen LogP contribution in [-0.4, -0.2) is 9.13 Å². The third kappa shape index (κ3) is 5.93. The molecule has 8 aromatic carbocycles. The minimum Gasteiger partial charge on any atom is -0.308 e. The summed E-state index contributed by atoms with van der Waals surface area (Å²) in [7, 11) is 0. The Morgan fingerprint density at radius 2 is 0.823 bits per heavy atom. The van der Waals surface area contributed by atoms with Gasteiger partial charge in [-0.15, -0.1) is 0 Å². The molecule has 9 heteroatoms. The molecule has 0 aliphatic rings.